The Hall–Kier alpha value is -1.75. The molecule has 4 nitrogen and oxygen atoms in total. The molecule has 2 aliphatic rings. The SMILES string of the molecule is CN(C(=O)CCC(=O)c1ccc(F)cc1)C1CC2CCC(C1)N2. The minimum Gasteiger partial charge on any atom is -0.343 e. The van der Waals surface area contributed by atoms with E-state index >= 15 is 0 Å². The molecule has 2 aliphatic heterocycles. The lowest BCUT2D eigenvalue weighted by atomic mass is 9.98. The van der Waals surface area contributed by atoms with Crippen molar-refractivity contribution in [2.45, 2.75) is 56.7 Å². The number of Topliss-reactive ketones (excluding diaryl/α,β-unsaturated/α-hetero) is 1. The summed E-state index contributed by atoms with van der Waals surface area (Å²) in [6.07, 6.45) is 4.80. The van der Waals surface area contributed by atoms with E-state index < -0.39 is 0 Å². The first kappa shape index (κ1) is 16.1. The second kappa shape index (κ2) is 6.79. The zero-order valence-electron chi connectivity index (χ0n) is 13.4. The summed E-state index contributed by atoms with van der Waals surface area (Å²) in [6.45, 7) is 0. The average molecular weight is 318 g/mol. The number of piperidine rings is 1. The van der Waals surface area contributed by atoms with Gasteiger partial charge in [0, 0.05) is 43.6 Å². The van der Waals surface area contributed by atoms with Gasteiger partial charge in [-0.1, -0.05) is 0 Å². The van der Waals surface area contributed by atoms with E-state index in [0.29, 0.717) is 17.6 Å². The third-order valence-corrected chi connectivity index (χ3v) is 5.12. The summed E-state index contributed by atoms with van der Waals surface area (Å²) in [5, 5.41) is 3.57. The first-order valence-electron chi connectivity index (χ1n) is 8.33. The summed E-state index contributed by atoms with van der Waals surface area (Å²) in [5.74, 6) is -0.457. The van der Waals surface area contributed by atoms with Gasteiger partial charge < -0.3 is 10.2 Å². The van der Waals surface area contributed by atoms with Crippen LogP contribution in [0.5, 0.6) is 0 Å². The summed E-state index contributed by atoms with van der Waals surface area (Å²) in [6, 6.07) is 6.83. The fourth-order valence-electron chi connectivity index (χ4n) is 3.72. The van der Waals surface area contributed by atoms with Crippen molar-refractivity contribution < 1.29 is 14.0 Å². The molecule has 0 radical (unpaired) electrons. The van der Waals surface area contributed by atoms with Crippen LogP contribution in [0.1, 0.15) is 48.9 Å². The minimum atomic E-state index is -0.363. The molecule has 0 saturated carbocycles. The predicted octanol–water partition coefficient (Wildman–Crippen LogP) is 2.53. The number of carbonyl (C=O) groups is 2. The molecule has 124 valence electrons. The van der Waals surface area contributed by atoms with E-state index in [-0.39, 0.29) is 36.4 Å². The molecular formula is C18H23FN2O2. The molecule has 0 aromatic heterocycles. The second-order valence-electron chi connectivity index (χ2n) is 6.70. The van der Waals surface area contributed by atoms with Crippen molar-refractivity contribution in [1.29, 1.82) is 0 Å². The van der Waals surface area contributed by atoms with Crippen LogP contribution in [0.4, 0.5) is 4.39 Å². The molecule has 2 bridgehead atoms. The lowest BCUT2D eigenvalue weighted by molar-refractivity contribution is -0.132. The number of nitrogens with zero attached hydrogens (tertiary/aromatic N) is 1. The molecule has 2 unspecified atom stereocenters. The lowest BCUT2D eigenvalue weighted by Crippen LogP contribution is -2.48. The van der Waals surface area contributed by atoms with Gasteiger partial charge in [-0.2, -0.15) is 0 Å². The molecule has 2 fully saturated rings. The van der Waals surface area contributed by atoms with Crippen molar-refractivity contribution in [1.82, 2.24) is 10.2 Å². The molecule has 0 aliphatic carbocycles. The van der Waals surface area contributed by atoms with Crippen molar-refractivity contribution in [2.75, 3.05) is 7.05 Å². The maximum atomic E-state index is 12.9. The van der Waals surface area contributed by atoms with Crippen LogP contribution in [0, 0.1) is 5.82 Å². The van der Waals surface area contributed by atoms with E-state index in [2.05, 4.69) is 5.32 Å². The predicted molar refractivity (Wildman–Crippen MR) is 85.7 cm³/mol. The molecule has 3 rings (SSSR count). The molecule has 1 aromatic carbocycles. The van der Waals surface area contributed by atoms with Crippen LogP contribution < -0.4 is 5.32 Å². The van der Waals surface area contributed by atoms with Crippen molar-refractivity contribution in [3.63, 3.8) is 0 Å². The first-order chi connectivity index (χ1) is 11.0. The topological polar surface area (TPSA) is 49.4 Å². The quantitative estimate of drug-likeness (QED) is 0.849. The number of hydrogen-bond acceptors (Lipinski definition) is 3. The van der Waals surface area contributed by atoms with Gasteiger partial charge in [0.15, 0.2) is 5.78 Å². The molecule has 23 heavy (non-hydrogen) atoms. The standard InChI is InChI=1S/C18H23FN2O2/c1-21(16-10-14-6-7-15(11-16)20-14)18(23)9-8-17(22)12-2-4-13(19)5-3-12/h2-5,14-16,20H,6-11H2,1H3. The number of ketones is 1. The maximum absolute atomic E-state index is 12.9. The molecule has 5 heteroatoms. The Morgan fingerprint density at radius 2 is 1.74 bits per heavy atom. The monoisotopic (exact) mass is 318 g/mol. The van der Waals surface area contributed by atoms with Gasteiger partial charge in [0.05, 0.1) is 0 Å². The Morgan fingerprint density at radius 1 is 1.13 bits per heavy atom. The number of nitrogens with one attached hydrogen (secondary N) is 1. The van der Waals surface area contributed by atoms with Crippen molar-refractivity contribution in [2.24, 2.45) is 0 Å². The van der Waals surface area contributed by atoms with Crippen LogP contribution in [-0.2, 0) is 4.79 Å². The second-order valence-corrected chi connectivity index (χ2v) is 6.70. The molecule has 0 spiro atoms. The zero-order valence-corrected chi connectivity index (χ0v) is 13.4. The van der Waals surface area contributed by atoms with E-state index in [1.165, 1.54) is 37.1 Å². The van der Waals surface area contributed by atoms with E-state index in [9.17, 15) is 14.0 Å². The van der Waals surface area contributed by atoms with Gasteiger partial charge in [0.2, 0.25) is 5.91 Å². The molecule has 2 heterocycles. The van der Waals surface area contributed by atoms with Gasteiger partial charge in [-0.3, -0.25) is 9.59 Å². The highest BCUT2D eigenvalue weighted by molar-refractivity contribution is 5.97. The molecular weight excluding hydrogens is 295 g/mol. The normalized spacial score (nSPS) is 26.1. The number of carbonyl (C=O) groups excluding carboxylic acids is 2. The molecule has 2 saturated heterocycles. The van der Waals surface area contributed by atoms with Crippen LogP contribution in [0.15, 0.2) is 24.3 Å². The molecule has 1 N–H and O–H groups in total. The van der Waals surface area contributed by atoms with Crippen molar-refractivity contribution in [3.8, 4) is 0 Å². The molecule has 2 atom stereocenters. The number of benzene rings is 1. The van der Waals surface area contributed by atoms with Gasteiger partial charge in [0.25, 0.3) is 0 Å². The molecule has 1 amide bonds. The minimum absolute atomic E-state index is 0.0201. The van der Waals surface area contributed by atoms with Crippen LogP contribution in [0.3, 0.4) is 0 Å². The number of rotatable bonds is 5. The highest BCUT2D eigenvalue weighted by Crippen LogP contribution is 2.29. The Morgan fingerprint density at radius 3 is 2.35 bits per heavy atom. The van der Waals surface area contributed by atoms with Crippen molar-refractivity contribution in [3.05, 3.63) is 35.6 Å². The Balaban J connectivity index is 1.50. The summed E-state index contributed by atoms with van der Waals surface area (Å²) in [5.41, 5.74) is 0.460. The summed E-state index contributed by atoms with van der Waals surface area (Å²) in [4.78, 5) is 26.3. The number of amides is 1. The number of hydrogen-bond donors (Lipinski definition) is 1. The van der Waals surface area contributed by atoms with Gasteiger partial charge in [0.1, 0.15) is 5.82 Å². The van der Waals surface area contributed by atoms with Gasteiger partial charge in [-0.25, -0.2) is 4.39 Å². The van der Waals surface area contributed by atoms with Crippen LogP contribution in [-0.4, -0.2) is 41.8 Å². The fourth-order valence-corrected chi connectivity index (χ4v) is 3.72. The van der Waals surface area contributed by atoms with Gasteiger partial charge >= 0.3 is 0 Å². The van der Waals surface area contributed by atoms with Crippen LogP contribution in [0.25, 0.3) is 0 Å². The Bertz CT molecular complexity index is 575. The largest absolute Gasteiger partial charge is 0.343 e. The van der Waals surface area contributed by atoms with Gasteiger partial charge in [-0.15, -0.1) is 0 Å². The van der Waals surface area contributed by atoms with E-state index in [1.807, 2.05) is 11.9 Å². The fraction of sp³-hybridized carbons (Fsp3) is 0.556. The van der Waals surface area contributed by atoms with Crippen LogP contribution >= 0.6 is 0 Å². The highest BCUT2D eigenvalue weighted by atomic mass is 19.1. The van der Waals surface area contributed by atoms with E-state index in [0.717, 1.165) is 12.8 Å². The summed E-state index contributed by atoms with van der Waals surface area (Å²) in [7, 11) is 1.85. The first-order valence-corrected chi connectivity index (χ1v) is 8.33. The lowest BCUT2D eigenvalue weighted by Gasteiger charge is -2.35. The van der Waals surface area contributed by atoms with Crippen molar-refractivity contribution >= 4 is 11.7 Å². The van der Waals surface area contributed by atoms with Crippen LogP contribution in [0.2, 0.25) is 0 Å². The third kappa shape index (κ3) is 3.78. The van der Waals surface area contributed by atoms with E-state index in [4.69, 9.17) is 0 Å². The number of fused-ring (bicyclic) bond motifs is 2. The number of halogens is 1. The molecule has 1 aromatic rings. The summed E-state index contributed by atoms with van der Waals surface area (Å²) >= 11 is 0. The Kier molecular flexibility index (Phi) is 4.76. The van der Waals surface area contributed by atoms with E-state index in [1.54, 1.807) is 0 Å². The average Bonchev–Trinajstić information content (AvgIpc) is 2.90. The Labute approximate surface area is 136 Å². The smallest absolute Gasteiger partial charge is 0.223 e. The highest BCUT2D eigenvalue weighted by Gasteiger charge is 2.36. The maximum Gasteiger partial charge on any atom is 0.223 e. The zero-order chi connectivity index (χ0) is 16.4. The third-order valence-electron chi connectivity index (χ3n) is 5.12. The van der Waals surface area contributed by atoms with Gasteiger partial charge in [-0.05, 0) is 49.9 Å². The summed E-state index contributed by atoms with van der Waals surface area (Å²) < 4.78 is 12.9.